The van der Waals surface area contributed by atoms with Gasteiger partial charge in [-0.05, 0) is 43.5 Å². The molecule has 0 amide bonds. The monoisotopic (exact) mass is 325 g/mol. The molecule has 104 valence electrons. The van der Waals surface area contributed by atoms with Crippen molar-refractivity contribution in [1.82, 2.24) is 4.90 Å². The average Bonchev–Trinajstić information content (AvgIpc) is 2.73. The quantitative estimate of drug-likeness (QED) is 0.907. The summed E-state index contributed by atoms with van der Waals surface area (Å²) < 4.78 is 7.11. The summed E-state index contributed by atoms with van der Waals surface area (Å²) in [4.78, 5) is 2.41. The van der Waals surface area contributed by atoms with E-state index >= 15 is 0 Å². The van der Waals surface area contributed by atoms with E-state index in [1.807, 2.05) is 19.1 Å². The summed E-state index contributed by atoms with van der Waals surface area (Å²) in [6.45, 7) is 4.83. The van der Waals surface area contributed by atoms with E-state index in [1.54, 1.807) is 0 Å². The second-order valence-electron chi connectivity index (χ2n) is 5.99. The van der Waals surface area contributed by atoms with E-state index in [1.165, 1.54) is 5.56 Å². The fourth-order valence-electron chi connectivity index (χ4n) is 2.90. The van der Waals surface area contributed by atoms with Gasteiger partial charge in [0.15, 0.2) is 0 Å². The van der Waals surface area contributed by atoms with Crippen molar-refractivity contribution in [1.29, 1.82) is 0 Å². The standard InChI is InChI=1S/C15H20BrNO2/c1-15(18)4-6-17(7-5-15)10-13-9-11-8-12(16)2-3-14(11)19-13/h2-3,8,13,18H,4-7,9-10H2,1H3. The molecule has 0 bridgehead atoms. The molecular weight excluding hydrogens is 306 g/mol. The number of halogens is 1. The van der Waals surface area contributed by atoms with Gasteiger partial charge in [-0.2, -0.15) is 0 Å². The first-order valence-corrected chi connectivity index (χ1v) is 7.71. The van der Waals surface area contributed by atoms with Gasteiger partial charge in [0, 0.05) is 30.5 Å². The van der Waals surface area contributed by atoms with Crippen LogP contribution in [0, 0.1) is 0 Å². The van der Waals surface area contributed by atoms with Crippen molar-refractivity contribution in [3.8, 4) is 5.75 Å². The maximum atomic E-state index is 9.96. The molecule has 0 spiro atoms. The summed E-state index contributed by atoms with van der Waals surface area (Å²) in [7, 11) is 0. The smallest absolute Gasteiger partial charge is 0.123 e. The van der Waals surface area contributed by atoms with E-state index in [-0.39, 0.29) is 6.10 Å². The number of fused-ring (bicyclic) bond motifs is 1. The third kappa shape index (κ3) is 3.12. The molecule has 1 N–H and O–H groups in total. The van der Waals surface area contributed by atoms with Crippen LogP contribution in [-0.2, 0) is 6.42 Å². The van der Waals surface area contributed by atoms with Crippen LogP contribution in [0.25, 0.3) is 0 Å². The minimum absolute atomic E-state index is 0.257. The number of aliphatic hydroxyl groups is 1. The van der Waals surface area contributed by atoms with Crippen LogP contribution in [0.3, 0.4) is 0 Å². The molecule has 3 rings (SSSR count). The third-order valence-corrected chi connectivity index (χ3v) is 4.65. The number of piperidine rings is 1. The van der Waals surface area contributed by atoms with Crippen molar-refractivity contribution in [2.24, 2.45) is 0 Å². The summed E-state index contributed by atoms with van der Waals surface area (Å²) in [5.41, 5.74) is 0.823. The largest absolute Gasteiger partial charge is 0.488 e. The number of likely N-dealkylation sites (tertiary alicyclic amines) is 1. The minimum atomic E-state index is -0.471. The van der Waals surface area contributed by atoms with Crippen molar-refractivity contribution in [3.63, 3.8) is 0 Å². The highest BCUT2D eigenvalue weighted by Crippen LogP contribution is 2.32. The maximum Gasteiger partial charge on any atom is 0.123 e. The number of benzene rings is 1. The zero-order chi connectivity index (χ0) is 13.5. The molecule has 2 heterocycles. The number of ether oxygens (including phenoxy) is 1. The van der Waals surface area contributed by atoms with Gasteiger partial charge in [0.25, 0.3) is 0 Å². The molecule has 0 radical (unpaired) electrons. The lowest BCUT2D eigenvalue weighted by Crippen LogP contribution is -2.45. The number of rotatable bonds is 2. The Labute approximate surface area is 122 Å². The summed E-state index contributed by atoms with van der Waals surface area (Å²) in [5, 5.41) is 9.96. The zero-order valence-corrected chi connectivity index (χ0v) is 12.8. The Balaban J connectivity index is 1.56. The van der Waals surface area contributed by atoms with E-state index in [4.69, 9.17) is 4.74 Å². The maximum absolute atomic E-state index is 9.96. The van der Waals surface area contributed by atoms with Crippen LogP contribution in [0.5, 0.6) is 5.75 Å². The van der Waals surface area contributed by atoms with Crippen molar-refractivity contribution in [2.45, 2.75) is 37.9 Å². The first-order chi connectivity index (χ1) is 9.02. The van der Waals surface area contributed by atoms with Gasteiger partial charge in [-0.3, -0.25) is 4.90 Å². The van der Waals surface area contributed by atoms with Crippen molar-refractivity contribution in [3.05, 3.63) is 28.2 Å². The van der Waals surface area contributed by atoms with Crippen LogP contribution >= 0.6 is 15.9 Å². The van der Waals surface area contributed by atoms with Gasteiger partial charge < -0.3 is 9.84 Å². The van der Waals surface area contributed by atoms with Crippen molar-refractivity contribution in [2.75, 3.05) is 19.6 Å². The molecule has 4 heteroatoms. The Morgan fingerprint density at radius 2 is 2.16 bits per heavy atom. The second kappa shape index (κ2) is 5.08. The molecule has 1 aromatic rings. The Morgan fingerprint density at radius 1 is 1.42 bits per heavy atom. The molecule has 2 aliphatic rings. The molecule has 0 aliphatic carbocycles. The van der Waals surface area contributed by atoms with Gasteiger partial charge in [-0.25, -0.2) is 0 Å². The average molecular weight is 326 g/mol. The lowest BCUT2D eigenvalue weighted by Gasteiger charge is -2.36. The fraction of sp³-hybridized carbons (Fsp3) is 0.600. The zero-order valence-electron chi connectivity index (χ0n) is 11.2. The van der Waals surface area contributed by atoms with Gasteiger partial charge in [-0.15, -0.1) is 0 Å². The molecule has 19 heavy (non-hydrogen) atoms. The van der Waals surface area contributed by atoms with E-state index in [2.05, 4.69) is 26.9 Å². The van der Waals surface area contributed by atoms with Gasteiger partial charge in [-0.1, -0.05) is 15.9 Å². The van der Waals surface area contributed by atoms with Gasteiger partial charge in [0.05, 0.1) is 5.60 Å². The molecule has 1 unspecified atom stereocenters. The summed E-state index contributed by atoms with van der Waals surface area (Å²) in [5.74, 6) is 1.03. The molecule has 0 saturated carbocycles. The molecule has 1 saturated heterocycles. The van der Waals surface area contributed by atoms with E-state index in [0.717, 1.165) is 49.1 Å². The number of hydrogen-bond donors (Lipinski definition) is 1. The van der Waals surface area contributed by atoms with Crippen LogP contribution < -0.4 is 4.74 Å². The minimum Gasteiger partial charge on any atom is -0.488 e. The molecule has 2 aliphatic heterocycles. The van der Waals surface area contributed by atoms with Crippen molar-refractivity contribution < 1.29 is 9.84 Å². The Bertz CT molecular complexity index is 465. The van der Waals surface area contributed by atoms with E-state index in [9.17, 15) is 5.11 Å². The first kappa shape index (κ1) is 13.4. The molecule has 1 fully saturated rings. The number of hydrogen-bond acceptors (Lipinski definition) is 3. The summed E-state index contributed by atoms with van der Waals surface area (Å²) in [6, 6.07) is 6.22. The van der Waals surface area contributed by atoms with E-state index in [0.29, 0.717) is 0 Å². The first-order valence-electron chi connectivity index (χ1n) is 6.92. The van der Waals surface area contributed by atoms with Crippen LogP contribution in [0.1, 0.15) is 25.3 Å². The van der Waals surface area contributed by atoms with Crippen LogP contribution in [-0.4, -0.2) is 41.3 Å². The van der Waals surface area contributed by atoms with Crippen LogP contribution in [0.15, 0.2) is 22.7 Å². The Hall–Kier alpha value is -0.580. The highest BCUT2D eigenvalue weighted by Gasteiger charge is 2.30. The highest BCUT2D eigenvalue weighted by molar-refractivity contribution is 9.10. The summed E-state index contributed by atoms with van der Waals surface area (Å²) >= 11 is 3.50. The van der Waals surface area contributed by atoms with Gasteiger partial charge >= 0.3 is 0 Å². The van der Waals surface area contributed by atoms with Crippen LogP contribution in [0.2, 0.25) is 0 Å². The number of nitrogens with zero attached hydrogens (tertiary/aromatic N) is 1. The summed E-state index contributed by atoms with van der Waals surface area (Å²) in [6.07, 6.45) is 2.96. The molecule has 0 aromatic heterocycles. The van der Waals surface area contributed by atoms with Crippen LogP contribution in [0.4, 0.5) is 0 Å². The molecule has 1 atom stereocenters. The normalized spacial score (nSPS) is 25.9. The van der Waals surface area contributed by atoms with Gasteiger partial charge in [0.1, 0.15) is 11.9 Å². The highest BCUT2D eigenvalue weighted by atomic mass is 79.9. The van der Waals surface area contributed by atoms with Crippen molar-refractivity contribution >= 4 is 15.9 Å². The Kier molecular flexibility index (Phi) is 3.58. The molecular formula is C15H20BrNO2. The lowest BCUT2D eigenvalue weighted by molar-refractivity contribution is -0.0123. The third-order valence-electron chi connectivity index (χ3n) is 4.16. The Morgan fingerprint density at radius 3 is 2.89 bits per heavy atom. The topological polar surface area (TPSA) is 32.7 Å². The predicted molar refractivity (Wildman–Crippen MR) is 78.6 cm³/mol. The molecule has 3 nitrogen and oxygen atoms in total. The molecule has 1 aromatic carbocycles. The SMILES string of the molecule is CC1(O)CCN(CC2Cc3cc(Br)ccc3O2)CC1. The fourth-order valence-corrected chi connectivity index (χ4v) is 3.30. The van der Waals surface area contributed by atoms with Gasteiger partial charge in [0.2, 0.25) is 0 Å². The lowest BCUT2D eigenvalue weighted by atomic mass is 9.93. The van der Waals surface area contributed by atoms with E-state index < -0.39 is 5.60 Å². The predicted octanol–water partition coefficient (Wildman–Crippen LogP) is 2.60. The second-order valence-corrected chi connectivity index (χ2v) is 6.91.